The van der Waals surface area contributed by atoms with Gasteiger partial charge in [-0.1, -0.05) is 20.8 Å². The second-order valence-corrected chi connectivity index (χ2v) is 6.88. The summed E-state index contributed by atoms with van der Waals surface area (Å²) in [7, 11) is 0. The average molecular weight is 280 g/mol. The minimum atomic E-state index is -0.396. The van der Waals surface area contributed by atoms with Crippen molar-refractivity contribution in [3.8, 4) is 6.07 Å². The Morgan fingerprint density at radius 1 is 1.25 bits per heavy atom. The second kappa shape index (κ2) is 8.64. The van der Waals surface area contributed by atoms with Crippen LogP contribution in [0.4, 0.5) is 0 Å². The smallest absolute Gasteiger partial charge is 0.104 e. The lowest BCUT2D eigenvalue weighted by Crippen LogP contribution is -2.41. The molecule has 1 fully saturated rings. The van der Waals surface area contributed by atoms with Gasteiger partial charge in [-0.3, -0.25) is 5.32 Å². The fourth-order valence-corrected chi connectivity index (χ4v) is 3.27. The highest BCUT2D eigenvalue weighted by molar-refractivity contribution is 5.03. The second-order valence-electron chi connectivity index (χ2n) is 6.88. The van der Waals surface area contributed by atoms with Crippen molar-refractivity contribution in [1.82, 2.24) is 5.32 Å². The number of ether oxygens (including phenoxy) is 1. The molecule has 1 N–H and O–H groups in total. The Labute approximate surface area is 125 Å². The predicted octanol–water partition coefficient (Wildman–Crippen LogP) is 3.89. The van der Waals surface area contributed by atoms with Crippen LogP contribution in [-0.2, 0) is 4.74 Å². The van der Waals surface area contributed by atoms with Crippen molar-refractivity contribution in [2.45, 2.75) is 77.9 Å². The first-order valence-corrected chi connectivity index (χ1v) is 8.27. The van der Waals surface area contributed by atoms with E-state index in [1.807, 2.05) is 6.92 Å². The molecule has 1 aliphatic rings. The van der Waals surface area contributed by atoms with E-state index in [0.29, 0.717) is 6.10 Å². The fraction of sp³-hybridized carbons (Fsp3) is 0.941. The predicted molar refractivity (Wildman–Crippen MR) is 83.5 cm³/mol. The third-order valence-corrected chi connectivity index (χ3v) is 4.32. The summed E-state index contributed by atoms with van der Waals surface area (Å²) in [6.07, 6.45) is 7.06. The number of hydrogen-bond donors (Lipinski definition) is 1. The summed E-state index contributed by atoms with van der Waals surface area (Å²) in [4.78, 5) is 0. The maximum Gasteiger partial charge on any atom is 0.104 e. The third kappa shape index (κ3) is 6.24. The van der Waals surface area contributed by atoms with Crippen LogP contribution in [0, 0.1) is 23.2 Å². The topological polar surface area (TPSA) is 45.0 Å². The van der Waals surface area contributed by atoms with Crippen LogP contribution >= 0.6 is 0 Å². The van der Waals surface area contributed by atoms with Crippen molar-refractivity contribution in [3.05, 3.63) is 0 Å². The SMILES string of the molecule is CCCNC(C)(C#N)CCCOC1CC(C)CC(C)C1. The molecule has 0 heterocycles. The minimum absolute atomic E-state index is 0.396. The quantitative estimate of drug-likeness (QED) is 0.686. The van der Waals surface area contributed by atoms with Crippen LogP contribution in [-0.4, -0.2) is 24.8 Å². The van der Waals surface area contributed by atoms with E-state index in [4.69, 9.17) is 4.74 Å². The van der Waals surface area contributed by atoms with Gasteiger partial charge in [0, 0.05) is 6.61 Å². The van der Waals surface area contributed by atoms with Crippen LogP contribution in [0.25, 0.3) is 0 Å². The lowest BCUT2D eigenvalue weighted by atomic mass is 9.82. The third-order valence-electron chi connectivity index (χ3n) is 4.32. The molecule has 20 heavy (non-hydrogen) atoms. The number of nitrogens with zero attached hydrogens (tertiary/aromatic N) is 1. The summed E-state index contributed by atoms with van der Waals surface area (Å²) < 4.78 is 6.03. The van der Waals surface area contributed by atoms with E-state index in [2.05, 4.69) is 32.2 Å². The summed E-state index contributed by atoms with van der Waals surface area (Å²) in [5.74, 6) is 1.58. The maximum absolute atomic E-state index is 9.28. The zero-order valence-electron chi connectivity index (χ0n) is 13.7. The first-order valence-electron chi connectivity index (χ1n) is 8.27. The molecule has 3 atom stereocenters. The maximum atomic E-state index is 9.28. The summed E-state index contributed by atoms with van der Waals surface area (Å²) in [5, 5.41) is 12.6. The van der Waals surface area contributed by atoms with Crippen LogP contribution in [0.15, 0.2) is 0 Å². The van der Waals surface area contributed by atoms with Gasteiger partial charge in [0.25, 0.3) is 0 Å². The van der Waals surface area contributed by atoms with Crippen LogP contribution in [0.5, 0.6) is 0 Å². The van der Waals surface area contributed by atoms with Crippen molar-refractivity contribution in [2.75, 3.05) is 13.2 Å². The molecule has 1 aliphatic carbocycles. The summed E-state index contributed by atoms with van der Waals surface area (Å²) in [6, 6.07) is 2.40. The molecule has 0 aliphatic heterocycles. The molecule has 3 unspecified atom stereocenters. The average Bonchev–Trinajstić information content (AvgIpc) is 2.40. The molecule has 116 valence electrons. The Bertz CT molecular complexity index is 303. The van der Waals surface area contributed by atoms with Gasteiger partial charge in [0.2, 0.25) is 0 Å². The first-order chi connectivity index (χ1) is 9.49. The number of nitriles is 1. The lowest BCUT2D eigenvalue weighted by molar-refractivity contribution is -0.00171. The first kappa shape index (κ1) is 17.5. The van der Waals surface area contributed by atoms with Crippen molar-refractivity contribution in [1.29, 1.82) is 5.26 Å². The van der Waals surface area contributed by atoms with Gasteiger partial charge in [0.15, 0.2) is 0 Å². The van der Waals surface area contributed by atoms with E-state index in [-0.39, 0.29) is 0 Å². The fourth-order valence-electron chi connectivity index (χ4n) is 3.27. The van der Waals surface area contributed by atoms with E-state index in [1.54, 1.807) is 0 Å². The van der Waals surface area contributed by atoms with Crippen LogP contribution in [0.3, 0.4) is 0 Å². The number of rotatable bonds is 8. The number of hydrogen-bond acceptors (Lipinski definition) is 3. The van der Waals surface area contributed by atoms with Crippen molar-refractivity contribution < 1.29 is 4.74 Å². The van der Waals surface area contributed by atoms with Gasteiger partial charge in [0.1, 0.15) is 5.54 Å². The molecule has 3 heteroatoms. The molecule has 3 nitrogen and oxygen atoms in total. The highest BCUT2D eigenvalue weighted by atomic mass is 16.5. The Morgan fingerprint density at radius 2 is 1.90 bits per heavy atom. The normalized spacial score (nSPS) is 29.6. The number of nitrogens with one attached hydrogen (secondary N) is 1. The van der Waals surface area contributed by atoms with Gasteiger partial charge in [-0.2, -0.15) is 5.26 Å². The Hall–Kier alpha value is -0.590. The molecule has 0 aromatic heterocycles. The molecular formula is C17H32N2O. The minimum Gasteiger partial charge on any atom is -0.378 e. The van der Waals surface area contributed by atoms with Crippen molar-refractivity contribution in [3.63, 3.8) is 0 Å². The molecule has 1 rings (SSSR count). The van der Waals surface area contributed by atoms with Crippen molar-refractivity contribution in [2.24, 2.45) is 11.8 Å². The zero-order chi connectivity index (χ0) is 15.0. The van der Waals surface area contributed by atoms with Gasteiger partial charge in [-0.05, 0) is 63.8 Å². The Morgan fingerprint density at radius 3 is 2.45 bits per heavy atom. The van der Waals surface area contributed by atoms with Gasteiger partial charge in [0.05, 0.1) is 12.2 Å². The molecule has 0 bridgehead atoms. The molecule has 0 saturated heterocycles. The highest BCUT2D eigenvalue weighted by Gasteiger charge is 2.25. The molecular weight excluding hydrogens is 248 g/mol. The zero-order valence-corrected chi connectivity index (χ0v) is 13.7. The van der Waals surface area contributed by atoms with Crippen LogP contribution in [0.1, 0.15) is 66.2 Å². The van der Waals surface area contributed by atoms with Gasteiger partial charge < -0.3 is 4.74 Å². The molecule has 0 aromatic rings. The largest absolute Gasteiger partial charge is 0.378 e. The Kier molecular flexibility index (Phi) is 7.55. The molecule has 0 radical (unpaired) electrons. The molecule has 0 aromatic carbocycles. The van der Waals surface area contributed by atoms with E-state index in [9.17, 15) is 5.26 Å². The lowest BCUT2D eigenvalue weighted by Gasteiger charge is -2.31. The van der Waals surface area contributed by atoms with E-state index >= 15 is 0 Å². The Balaban J connectivity index is 2.22. The van der Waals surface area contributed by atoms with Gasteiger partial charge >= 0.3 is 0 Å². The summed E-state index contributed by atoms with van der Waals surface area (Å²) in [5.41, 5.74) is -0.396. The van der Waals surface area contributed by atoms with E-state index in [1.165, 1.54) is 19.3 Å². The molecule has 1 saturated carbocycles. The summed E-state index contributed by atoms with van der Waals surface area (Å²) >= 11 is 0. The molecule has 0 spiro atoms. The van der Waals surface area contributed by atoms with Gasteiger partial charge in [-0.15, -0.1) is 0 Å². The standard InChI is InChI=1S/C17H32N2O/c1-5-8-19-17(4,13-18)7-6-9-20-16-11-14(2)10-15(3)12-16/h14-16,19H,5-12H2,1-4H3. The van der Waals surface area contributed by atoms with Gasteiger partial charge in [-0.25, -0.2) is 0 Å². The van der Waals surface area contributed by atoms with E-state index in [0.717, 1.165) is 44.2 Å². The van der Waals surface area contributed by atoms with E-state index < -0.39 is 5.54 Å². The van der Waals surface area contributed by atoms with Crippen LogP contribution < -0.4 is 5.32 Å². The molecule has 0 amide bonds. The highest BCUT2D eigenvalue weighted by Crippen LogP contribution is 2.30. The monoisotopic (exact) mass is 280 g/mol. The van der Waals surface area contributed by atoms with Crippen molar-refractivity contribution >= 4 is 0 Å². The summed E-state index contributed by atoms with van der Waals surface area (Å²) in [6.45, 7) is 10.5. The van der Waals surface area contributed by atoms with Crippen LogP contribution in [0.2, 0.25) is 0 Å².